The number of anilines is 1. The summed E-state index contributed by atoms with van der Waals surface area (Å²) in [5, 5.41) is 2.53. The fourth-order valence-corrected chi connectivity index (χ4v) is 1.22. The fourth-order valence-electron chi connectivity index (χ4n) is 1.22. The molecule has 0 aliphatic heterocycles. The quantitative estimate of drug-likeness (QED) is 0.772. The van der Waals surface area contributed by atoms with Crippen LogP contribution in [0.15, 0.2) is 24.3 Å². The molecule has 3 N–H and O–H groups in total. The Morgan fingerprint density at radius 3 is 2.26 bits per heavy atom. The Morgan fingerprint density at radius 1 is 1.21 bits per heavy atom. The number of nitrogens with two attached hydrogens (primary N) is 1. The summed E-state index contributed by atoms with van der Waals surface area (Å²) >= 11 is 0. The lowest BCUT2D eigenvalue weighted by Crippen LogP contribution is -2.22. The molecule has 1 rings (SSSR count). The second-order valence-electron chi connectivity index (χ2n) is 4.25. The Labute approximate surface area is 110 Å². The monoisotopic (exact) mass is 264 g/mol. The minimum Gasteiger partial charge on any atom is -0.455 e. The van der Waals surface area contributed by atoms with Crippen molar-refractivity contribution in [2.24, 2.45) is 11.7 Å². The highest BCUT2D eigenvalue weighted by atomic mass is 16.5. The van der Waals surface area contributed by atoms with E-state index in [1.807, 2.05) is 0 Å². The third-order valence-electron chi connectivity index (χ3n) is 2.27. The van der Waals surface area contributed by atoms with Crippen molar-refractivity contribution in [1.29, 1.82) is 0 Å². The molecule has 0 unspecified atom stereocenters. The summed E-state index contributed by atoms with van der Waals surface area (Å²) in [7, 11) is 0. The lowest BCUT2D eigenvalue weighted by molar-refractivity contribution is -0.150. The third-order valence-corrected chi connectivity index (χ3v) is 2.27. The van der Waals surface area contributed by atoms with Crippen LogP contribution in [0.25, 0.3) is 0 Å². The van der Waals surface area contributed by atoms with Crippen molar-refractivity contribution in [1.82, 2.24) is 0 Å². The van der Waals surface area contributed by atoms with Crippen molar-refractivity contribution in [3.63, 3.8) is 0 Å². The molecule has 0 heterocycles. The summed E-state index contributed by atoms with van der Waals surface area (Å²) < 4.78 is 4.77. The lowest BCUT2D eigenvalue weighted by atomic mass is 10.2. The van der Waals surface area contributed by atoms with Gasteiger partial charge in [-0.2, -0.15) is 0 Å². The van der Waals surface area contributed by atoms with Gasteiger partial charge in [0.25, 0.3) is 5.91 Å². The van der Waals surface area contributed by atoms with Crippen LogP contribution in [-0.4, -0.2) is 24.4 Å². The Kier molecular flexibility index (Phi) is 5.05. The summed E-state index contributed by atoms with van der Waals surface area (Å²) in [4.78, 5) is 33.5. The number of hydrogen-bond donors (Lipinski definition) is 2. The van der Waals surface area contributed by atoms with E-state index in [2.05, 4.69) is 5.32 Å². The van der Waals surface area contributed by atoms with Crippen LogP contribution in [-0.2, 0) is 14.3 Å². The number of carbonyl (C=O) groups is 3. The SMILES string of the molecule is CC(C)C(=O)OCC(=O)Nc1ccc(C(N)=O)cc1. The van der Waals surface area contributed by atoms with Crippen molar-refractivity contribution in [2.75, 3.05) is 11.9 Å². The van der Waals surface area contributed by atoms with Crippen LogP contribution in [0.3, 0.4) is 0 Å². The van der Waals surface area contributed by atoms with E-state index in [1.165, 1.54) is 12.1 Å². The van der Waals surface area contributed by atoms with Gasteiger partial charge in [-0.25, -0.2) is 0 Å². The van der Waals surface area contributed by atoms with Crippen molar-refractivity contribution in [3.8, 4) is 0 Å². The zero-order valence-electron chi connectivity index (χ0n) is 10.8. The fraction of sp³-hybridized carbons (Fsp3) is 0.308. The van der Waals surface area contributed by atoms with Crippen LogP contribution >= 0.6 is 0 Å². The predicted molar refractivity (Wildman–Crippen MR) is 69.4 cm³/mol. The van der Waals surface area contributed by atoms with Crippen LogP contribution < -0.4 is 11.1 Å². The average molecular weight is 264 g/mol. The first-order valence-electron chi connectivity index (χ1n) is 5.76. The molecule has 1 aromatic carbocycles. The van der Waals surface area contributed by atoms with Gasteiger partial charge in [-0.15, -0.1) is 0 Å². The summed E-state index contributed by atoms with van der Waals surface area (Å²) in [5.74, 6) is -1.69. The Morgan fingerprint density at radius 2 is 1.79 bits per heavy atom. The molecule has 0 bridgehead atoms. The maximum Gasteiger partial charge on any atom is 0.308 e. The number of primary amides is 1. The predicted octanol–water partition coefficient (Wildman–Crippen LogP) is 0.923. The van der Waals surface area contributed by atoms with E-state index in [-0.39, 0.29) is 12.5 Å². The number of carbonyl (C=O) groups excluding carboxylic acids is 3. The molecule has 0 aromatic heterocycles. The molecule has 0 aliphatic carbocycles. The van der Waals surface area contributed by atoms with Gasteiger partial charge in [0, 0.05) is 11.3 Å². The first kappa shape index (κ1) is 14.7. The molecule has 0 spiro atoms. The Balaban J connectivity index is 2.48. The molecular formula is C13H16N2O4. The maximum atomic E-state index is 11.5. The molecule has 0 saturated heterocycles. The number of ether oxygens (including phenoxy) is 1. The maximum absolute atomic E-state index is 11.5. The van der Waals surface area contributed by atoms with Crippen molar-refractivity contribution < 1.29 is 19.1 Å². The summed E-state index contributed by atoms with van der Waals surface area (Å²) in [5.41, 5.74) is 5.94. The van der Waals surface area contributed by atoms with E-state index in [9.17, 15) is 14.4 Å². The largest absolute Gasteiger partial charge is 0.455 e. The highest BCUT2D eigenvalue weighted by Crippen LogP contribution is 2.09. The van der Waals surface area contributed by atoms with Crippen molar-refractivity contribution in [3.05, 3.63) is 29.8 Å². The standard InChI is InChI=1S/C13H16N2O4/c1-8(2)13(18)19-7-11(16)15-10-5-3-9(4-6-10)12(14)17/h3-6,8H,7H2,1-2H3,(H2,14,17)(H,15,16). The highest BCUT2D eigenvalue weighted by Gasteiger charge is 2.11. The van der Waals surface area contributed by atoms with Crippen LogP contribution in [0, 0.1) is 5.92 Å². The van der Waals surface area contributed by atoms with Gasteiger partial charge >= 0.3 is 5.97 Å². The summed E-state index contributed by atoms with van der Waals surface area (Å²) in [6.45, 7) is 3.03. The molecule has 6 nitrogen and oxygen atoms in total. The van der Waals surface area contributed by atoms with E-state index in [0.717, 1.165) is 0 Å². The zero-order chi connectivity index (χ0) is 14.4. The number of hydrogen-bond acceptors (Lipinski definition) is 4. The van der Waals surface area contributed by atoms with Gasteiger partial charge in [-0.1, -0.05) is 13.8 Å². The van der Waals surface area contributed by atoms with E-state index in [1.54, 1.807) is 26.0 Å². The van der Waals surface area contributed by atoms with Crippen LogP contribution in [0.2, 0.25) is 0 Å². The normalized spacial score (nSPS) is 10.1. The van der Waals surface area contributed by atoms with Crippen molar-refractivity contribution >= 4 is 23.5 Å². The van der Waals surface area contributed by atoms with Crippen molar-refractivity contribution in [2.45, 2.75) is 13.8 Å². The summed E-state index contributed by atoms with van der Waals surface area (Å²) in [6, 6.07) is 6.08. The van der Waals surface area contributed by atoms with Crippen LogP contribution in [0.1, 0.15) is 24.2 Å². The number of rotatable bonds is 5. The Hall–Kier alpha value is -2.37. The molecule has 19 heavy (non-hydrogen) atoms. The van der Waals surface area contributed by atoms with E-state index in [4.69, 9.17) is 10.5 Å². The molecule has 0 aliphatic rings. The van der Waals surface area contributed by atoms with Gasteiger partial charge in [0.2, 0.25) is 5.91 Å². The first-order valence-corrected chi connectivity index (χ1v) is 5.76. The molecule has 6 heteroatoms. The molecule has 2 amide bonds. The molecular weight excluding hydrogens is 248 g/mol. The van der Waals surface area contributed by atoms with Gasteiger partial charge in [-0.05, 0) is 24.3 Å². The lowest BCUT2D eigenvalue weighted by Gasteiger charge is -2.08. The molecule has 0 saturated carbocycles. The number of amides is 2. The smallest absolute Gasteiger partial charge is 0.308 e. The second kappa shape index (κ2) is 6.53. The van der Waals surface area contributed by atoms with Crippen LogP contribution in [0.4, 0.5) is 5.69 Å². The number of esters is 1. The third kappa shape index (κ3) is 4.79. The van der Waals surface area contributed by atoms with Gasteiger partial charge in [0.05, 0.1) is 5.92 Å². The minimum atomic E-state index is -0.538. The van der Waals surface area contributed by atoms with Crippen LogP contribution in [0.5, 0.6) is 0 Å². The van der Waals surface area contributed by atoms with E-state index < -0.39 is 17.8 Å². The summed E-state index contributed by atoms with van der Waals surface area (Å²) in [6.07, 6.45) is 0. The molecule has 102 valence electrons. The zero-order valence-corrected chi connectivity index (χ0v) is 10.8. The topological polar surface area (TPSA) is 98.5 Å². The number of nitrogens with one attached hydrogen (secondary N) is 1. The highest BCUT2D eigenvalue weighted by molar-refractivity contribution is 5.95. The average Bonchev–Trinajstić information content (AvgIpc) is 2.36. The molecule has 0 atom stereocenters. The van der Waals surface area contributed by atoms with E-state index >= 15 is 0 Å². The Bertz CT molecular complexity index is 480. The van der Waals surface area contributed by atoms with Gasteiger partial charge < -0.3 is 15.8 Å². The van der Waals surface area contributed by atoms with E-state index in [0.29, 0.717) is 11.3 Å². The van der Waals surface area contributed by atoms with Gasteiger partial charge in [0.15, 0.2) is 6.61 Å². The molecule has 1 aromatic rings. The van der Waals surface area contributed by atoms with Gasteiger partial charge in [0.1, 0.15) is 0 Å². The number of benzene rings is 1. The molecule has 0 fully saturated rings. The first-order chi connectivity index (χ1) is 8.90. The second-order valence-corrected chi connectivity index (χ2v) is 4.25. The molecule has 0 radical (unpaired) electrons. The van der Waals surface area contributed by atoms with Gasteiger partial charge in [-0.3, -0.25) is 14.4 Å². The minimum absolute atomic E-state index is 0.275.